The molecule has 1 aliphatic carbocycles. The number of carbonyl (C=O) groups excluding carboxylic acids is 1. The number of aromatic nitrogens is 3. The first-order valence-corrected chi connectivity index (χ1v) is 9.00. The first-order chi connectivity index (χ1) is 13.6. The lowest BCUT2D eigenvalue weighted by Gasteiger charge is -2.29. The molecule has 1 aliphatic rings. The first kappa shape index (κ1) is 21.1. The molecule has 0 N–H and O–H groups in total. The van der Waals surface area contributed by atoms with E-state index >= 15 is 0 Å². The maximum atomic E-state index is 12.9. The summed E-state index contributed by atoms with van der Waals surface area (Å²) in [7, 11) is 0. The lowest BCUT2D eigenvalue weighted by atomic mass is 10.1. The molecule has 1 fully saturated rings. The van der Waals surface area contributed by atoms with Crippen molar-refractivity contribution in [1.82, 2.24) is 19.7 Å². The third-order valence-electron chi connectivity index (χ3n) is 4.83. The van der Waals surface area contributed by atoms with Gasteiger partial charge in [0.1, 0.15) is 5.69 Å². The van der Waals surface area contributed by atoms with Gasteiger partial charge in [-0.3, -0.25) is 14.5 Å². The molecule has 2 aromatic heterocycles. The first-order valence-electron chi connectivity index (χ1n) is 9.00. The van der Waals surface area contributed by atoms with Gasteiger partial charge in [0, 0.05) is 25.0 Å². The summed E-state index contributed by atoms with van der Waals surface area (Å²) in [4.78, 5) is 17.7. The molecule has 0 unspecified atom stereocenters. The fourth-order valence-corrected chi connectivity index (χ4v) is 3.37. The second kappa shape index (κ2) is 8.03. The molecule has 0 spiro atoms. The highest BCUT2D eigenvalue weighted by Gasteiger charge is 2.34. The van der Waals surface area contributed by atoms with Crippen LogP contribution in [0.1, 0.15) is 47.4 Å². The van der Waals surface area contributed by atoms with E-state index in [4.69, 9.17) is 0 Å². The quantitative estimate of drug-likeness (QED) is 0.674. The number of hydrogen-bond donors (Lipinski definition) is 0. The number of pyridine rings is 1. The van der Waals surface area contributed by atoms with E-state index in [2.05, 4.69) is 10.1 Å². The highest BCUT2D eigenvalue weighted by Crippen LogP contribution is 2.29. The maximum absolute atomic E-state index is 12.9. The van der Waals surface area contributed by atoms with Crippen molar-refractivity contribution in [2.45, 2.75) is 50.6 Å². The third kappa shape index (κ3) is 5.07. The second-order valence-electron chi connectivity index (χ2n) is 6.83. The van der Waals surface area contributed by atoms with E-state index in [9.17, 15) is 31.1 Å². The molecule has 2 heterocycles. The summed E-state index contributed by atoms with van der Waals surface area (Å²) in [5.41, 5.74) is -2.12. The van der Waals surface area contributed by atoms with Gasteiger partial charge in [0.05, 0.1) is 12.1 Å². The molecule has 1 saturated carbocycles. The number of hydrogen-bond acceptors (Lipinski definition) is 3. The zero-order chi connectivity index (χ0) is 21.2. The molecule has 0 bridgehead atoms. The number of rotatable bonds is 5. The van der Waals surface area contributed by atoms with Crippen LogP contribution in [0.5, 0.6) is 0 Å². The molecule has 0 aromatic carbocycles. The maximum Gasteiger partial charge on any atom is 0.435 e. The van der Waals surface area contributed by atoms with Crippen molar-refractivity contribution in [2.75, 3.05) is 6.54 Å². The van der Waals surface area contributed by atoms with E-state index in [1.165, 1.54) is 11.1 Å². The van der Waals surface area contributed by atoms with Crippen LogP contribution in [0.4, 0.5) is 26.3 Å². The van der Waals surface area contributed by atoms with Gasteiger partial charge in [-0.15, -0.1) is 0 Å². The Hall–Kier alpha value is -2.59. The predicted molar refractivity (Wildman–Crippen MR) is 89.8 cm³/mol. The zero-order valence-electron chi connectivity index (χ0n) is 15.2. The Balaban J connectivity index is 1.75. The molecule has 3 rings (SSSR count). The van der Waals surface area contributed by atoms with Gasteiger partial charge >= 0.3 is 12.4 Å². The minimum absolute atomic E-state index is 0.00125. The van der Waals surface area contributed by atoms with Gasteiger partial charge < -0.3 is 4.90 Å². The van der Waals surface area contributed by atoms with E-state index < -0.39 is 29.6 Å². The fraction of sp³-hybridized carbons (Fsp3) is 0.500. The Morgan fingerprint density at radius 3 is 2.21 bits per heavy atom. The summed E-state index contributed by atoms with van der Waals surface area (Å²) in [6.07, 6.45) is -3.84. The van der Waals surface area contributed by atoms with Crippen molar-refractivity contribution in [3.05, 3.63) is 47.5 Å². The lowest BCUT2D eigenvalue weighted by molar-refractivity contribution is -0.142. The molecule has 5 nitrogen and oxygen atoms in total. The Labute approximate surface area is 162 Å². The van der Waals surface area contributed by atoms with E-state index in [0.29, 0.717) is 0 Å². The van der Waals surface area contributed by atoms with Crippen LogP contribution < -0.4 is 0 Å². The summed E-state index contributed by atoms with van der Waals surface area (Å²) in [6.45, 7) is 0.121. The van der Waals surface area contributed by atoms with Gasteiger partial charge in [-0.1, -0.05) is 12.8 Å². The molecule has 0 radical (unpaired) electrons. The molecule has 0 atom stereocenters. The average Bonchev–Trinajstić information content (AvgIpc) is 3.33. The van der Waals surface area contributed by atoms with E-state index in [1.54, 1.807) is 0 Å². The number of nitrogens with zero attached hydrogens (tertiary/aromatic N) is 4. The Morgan fingerprint density at radius 2 is 1.69 bits per heavy atom. The monoisotopic (exact) mass is 420 g/mol. The van der Waals surface area contributed by atoms with Crippen LogP contribution in [-0.2, 0) is 18.9 Å². The molecule has 11 heteroatoms. The minimum Gasteiger partial charge on any atom is -0.334 e. The topological polar surface area (TPSA) is 51.0 Å². The molecular weight excluding hydrogens is 402 g/mol. The van der Waals surface area contributed by atoms with E-state index in [0.717, 1.165) is 54.8 Å². The lowest BCUT2D eigenvalue weighted by Crippen LogP contribution is -2.41. The van der Waals surface area contributed by atoms with Crippen molar-refractivity contribution in [2.24, 2.45) is 0 Å². The number of carbonyl (C=O) groups is 1. The van der Waals surface area contributed by atoms with Crippen molar-refractivity contribution in [1.29, 1.82) is 0 Å². The zero-order valence-corrected chi connectivity index (χ0v) is 15.2. The fourth-order valence-electron chi connectivity index (χ4n) is 3.37. The Morgan fingerprint density at radius 1 is 1.03 bits per heavy atom. The number of alkyl halides is 6. The average molecular weight is 420 g/mol. The summed E-state index contributed by atoms with van der Waals surface area (Å²) < 4.78 is 77.2. The van der Waals surface area contributed by atoms with Crippen LogP contribution in [0.25, 0.3) is 0 Å². The van der Waals surface area contributed by atoms with Gasteiger partial charge in [0.15, 0.2) is 5.69 Å². The van der Waals surface area contributed by atoms with Crippen molar-refractivity contribution < 1.29 is 31.1 Å². The molecule has 0 aliphatic heterocycles. The summed E-state index contributed by atoms with van der Waals surface area (Å²) in [5, 5.41) is 3.47. The molecular formula is C18H18F6N4O. The van der Waals surface area contributed by atoms with Gasteiger partial charge in [-0.2, -0.15) is 31.4 Å². The van der Waals surface area contributed by atoms with Gasteiger partial charge in [0.25, 0.3) is 5.91 Å². The summed E-state index contributed by atoms with van der Waals surface area (Å²) in [5.74, 6) is -0.499. The van der Waals surface area contributed by atoms with Crippen LogP contribution in [0.3, 0.4) is 0 Å². The van der Waals surface area contributed by atoms with Gasteiger partial charge in [-0.25, -0.2) is 0 Å². The molecule has 158 valence electrons. The summed E-state index contributed by atoms with van der Waals surface area (Å²) >= 11 is 0. The largest absolute Gasteiger partial charge is 0.435 e. The standard InChI is InChI=1S/C18H18F6N4O/c19-17(20,21)14-6-5-12(11-25-14)16(29)28(13-3-1-2-4-13)10-9-27-8-7-15(26-27)18(22,23)24/h5-8,11,13H,1-4,9-10H2. The molecule has 1 amide bonds. The molecule has 29 heavy (non-hydrogen) atoms. The molecule has 0 saturated heterocycles. The number of amides is 1. The molecule has 2 aromatic rings. The van der Waals surface area contributed by atoms with Crippen molar-refractivity contribution in [3.63, 3.8) is 0 Å². The van der Waals surface area contributed by atoms with Crippen molar-refractivity contribution in [3.8, 4) is 0 Å². The smallest absolute Gasteiger partial charge is 0.334 e. The normalized spacial score (nSPS) is 15.7. The van der Waals surface area contributed by atoms with E-state index in [1.807, 2.05) is 0 Å². The van der Waals surface area contributed by atoms with Gasteiger partial charge in [-0.05, 0) is 31.0 Å². The van der Waals surface area contributed by atoms with Crippen molar-refractivity contribution >= 4 is 5.91 Å². The Kier molecular flexibility index (Phi) is 5.85. The van der Waals surface area contributed by atoms with Crippen LogP contribution in [0.15, 0.2) is 30.6 Å². The second-order valence-corrected chi connectivity index (χ2v) is 6.83. The van der Waals surface area contributed by atoms with Gasteiger partial charge in [0.2, 0.25) is 0 Å². The minimum atomic E-state index is -4.61. The highest BCUT2D eigenvalue weighted by atomic mass is 19.4. The highest BCUT2D eigenvalue weighted by molar-refractivity contribution is 5.94. The van der Waals surface area contributed by atoms with E-state index in [-0.39, 0.29) is 24.7 Å². The predicted octanol–water partition coefficient (Wildman–Crippen LogP) is 4.40. The summed E-state index contributed by atoms with van der Waals surface area (Å²) in [6, 6.07) is 2.53. The number of halogens is 6. The Bertz CT molecular complexity index is 837. The van der Waals surface area contributed by atoms with Crippen LogP contribution in [0.2, 0.25) is 0 Å². The van der Waals surface area contributed by atoms with Crippen LogP contribution in [-0.4, -0.2) is 38.2 Å². The van der Waals surface area contributed by atoms with Crippen LogP contribution in [0, 0.1) is 0 Å². The van der Waals surface area contributed by atoms with Crippen LogP contribution >= 0.6 is 0 Å². The third-order valence-corrected chi connectivity index (χ3v) is 4.83. The SMILES string of the molecule is O=C(c1ccc(C(F)(F)F)nc1)N(CCn1ccc(C(F)(F)F)n1)C1CCCC1.